The van der Waals surface area contributed by atoms with Crippen molar-refractivity contribution in [3.05, 3.63) is 34.9 Å². The Morgan fingerprint density at radius 1 is 1.38 bits per heavy atom. The zero-order valence-electron chi connectivity index (χ0n) is 7.88. The second-order valence-electron chi connectivity index (χ2n) is 2.85. The SMILES string of the molecule is CN[C@H](COC)c1ccc(Cl)cc1. The third kappa shape index (κ3) is 2.99. The highest BCUT2D eigenvalue weighted by Crippen LogP contribution is 2.16. The van der Waals surface area contributed by atoms with Gasteiger partial charge in [0.05, 0.1) is 12.6 Å². The molecule has 72 valence electrons. The van der Waals surface area contributed by atoms with Crippen LogP contribution in [0.1, 0.15) is 11.6 Å². The predicted molar refractivity (Wildman–Crippen MR) is 55.1 cm³/mol. The highest BCUT2D eigenvalue weighted by atomic mass is 35.5. The minimum atomic E-state index is 0.238. The van der Waals surface area contributed by atoms with Crippen molar-refractivity contribution >= 4 is 11.6 Å². The van der Waals surface area contributed by atoms with Crippen LogP contribution in [0.3, 0.4) is 0 Å². The standard InChI is InChI=1S/C10H14ClNO/c1-12-10(7-13-2)8-3-5-9(11)6-4-8/h3-6,10,12H,7H2,1-2H3/t10-/m1/s1. The van der Waals surface area contributed by atoms with Crippen LogP contribution >= 0.6 is 11.6 Å². The van der Waals surface area contributed by atoms with Gasteiger partial charge in [-0.1, -0.05) is 23.7 Å². The molecule has 0 amide bonds. The van der Waals surface area contributed by atoms with E-state index in [1.54, 1.807) is 7.11 Å². The van der Waals surface area contributed by atoms with Crippen molar-refractivity contribution in [3.63, 3.8) is 0 Å². The van der Waals surface area contributed by atoms with E-state index in [0.29, 0.717) is 6.61 Å². The molecule has 0 aromatic heterocycles. The van der Waals surface area contributed by atoms with Gasteiger partial charge in [-0.05, 0) is 24.7 Å². The van der Waals surface area contributed by atoms with Crippen molar-refractivity contribution in [2.24, 2.45) is 0 Å². The lowest BCUT2D eigenvalue weighted by molar-refractivity contribution is 0.170. The molecule has 0 aliphatic carbocycles. The first kappa shape index (κ1) is 10.5. The molecule has 0 radical (unpaired) electrons. The first-order chi connectivity index (χ1) is 6.27. The Morgan fingerprint density at radius 3 is 2.46 bits per heavy atom. The molecule has 0 aliphatic rings. The van der Waals surface area contributed by atoms with Crippen LogP contribution in [0.2, 0.25) is 5.02 Å². The number of nitrogens with one attached hydrogen (secondary N) is 1. The molecule has 1 atom stereocenters. The molecule has 0 bridgehead atoms. The average molecular weight is 200 g/mol. The fraction of sp³-hybridized carbons (Fsp3) is 0.400. The molecule has 1 aromatic carbocycles. The van der Waals surface area contributed by atoms with E-state index in [4.69, 9.17) is 16.3 Å². The number of benzene rings is 1. The molecule has 1 rings (SSSR count). The maximum absolute atomic E-state index is 5.78. The maximum Gasteiger partial charge on any atom is 0.0657 e. The minimum absolute atomic E-state index is 0.238. The van der Waals surface area contributed by atoms with Gasteiger partial charge in [0.25, 0.3) is 0 Å². The minimum Gasteiger partial charge on any atom is -0.383 e. The second kappa shape index (κ2) is 5.22. The van der Waals surface area contributed by atoms with Crippen LogP contribution in [0, 0.1) is 0 Å². The summed E-state index contributed by atoms with van der Waals surface area (Å²) in [5, 5.41) is 3.93. The van der Waals surface area contributed by atoms with Gasteiger partial charge in [-0.25, -0.2) is 0 Å². The van der Waals surface area contributed by atoms with Crippen molar-refractivity contribution in [3.8, 4) is 0 Å². The molecule has 1 aromatic rings. The Bertz CT molecular complexity index is 248. The van der Waals surface area contributed by atoms with Crippen LogP contribution in [0.15, 0.2) is 24.3 Å². The van der Waals surface area contributed by atoms with Gasteiger partial charge in [0.15, 0.2) is 0 Å². The smallest absolute Gasteiger partial charge is 0.0657 e. The van der Waals surface area contributed by atoms with Crippen molar-refractivity contribution in [1.29, 1.82) is 0 Å². The number of rotatable bonds is 4. The zero-order valence-corrected chi connectivity index (χ0v) is 8.64. The number of hydrogen-bond donors (Lipinski definition) is 1. The van der Waals surface area contributed by atoms with E-state index in [-0.39, 0.29) is 6.04 Å². The van der Waals surface area contributed by atoms with Crippen LogP contribution in [-0.2, 0) is 4.74 Å². The van der Waals surface area contributed by atoms with Gasteiger partial charge in [0.2, 0.25) is 0 Å². The number of likely N-dealkylation sites (N-methyl/N-ethyl adjacent to an activating group) is 1. The number of hydrogen-bond acceptors (Lipinski definition) is 2. The van der Waals surface area contributed by atoms with Gasteiger partial charge < -0.3 is 10.1 Å². The molecule has 13 heavy (non-hydrogen) atoms. The Labute approximate surface area is 83.9 Å². The number of methoxy groups -OCH3 is 1. The van der Waals surface area contributed by atoms with E-state index < -0.39 is 0 Å². The molecule has 1 N–H and O–H groups in total. The molecule has 3 heteroatoms. The molecule has 0 spiro atoms. The van der Waals surface area contributed by atoms with Gasteiger partial charge in [0, 0.05) is 12.1 Å². The lowest BCUT2D eigenvalue weighted by atomic mass is 10.1. The fourth-order valence-corrected chi connectivity index (χ4v) is 1.33. The van der Waals surface area contributed by atoms with E-state index in [1.807, 2.05) is 31.3 Å². The number of ether oxygens (including phenoxy) is 1. The van der Waals surface area contributed by atoms with Crippen LogP contribution in [-0.4, -0.2) is 20.8 Å². The Balaban J connectivity index is 2.73. The summed E-state index contributed by atoms with van der Waals surface area (Å²) in [5.41, 5.74) is 1.19. The molecule has 0 fully saturated rings. The van der Waals surface area contributed by atoms with Gasteiger partial charge in [-0.15, -0.1) is 0 Å². The monoisotopic (exact) mass is 199 g/mol. The second-order valence-corrected chi connectivity index (χ2v) is 3.28. The van der Waals surface area contributed by atoms with Crippen molar-refractivity contribution in [2.75, 3.05) is 20.8 Å². The molecule has 0 aliphatic heterocycles. The largest absolute Gasteiger partial charge is 0.383 e. The molecule has 0 heterocycles. The van der Waals surface area contributed by atoms with Gasteiger partial charge in [-0.3, -0.25) is 0 Å². The van der Waals surface area contributed by atoms with Crippen molar-refractivity contribution < 1.29 is 4.74 Å². The Morgan fingerprint density at radius 2 is 2.00 bits per heavy atom. The highest BCUT2D eigenvalue weighted by Gasteiger charge is 2.07. The van der Waals surface area contributed by atoms with Crippen LogP contribution in [0.5, 0.6) is 0 Å². The molecule has 0 saturated heterocycles. The van der Waals surface area contributed by atoms with Crippen LogP contribution in [0.4, 0.5) is 0 Å². The van der Waals surface area contributed by atoms with Crippen molar-refractivity contribution in [2.45, 2.75) is 6.04 Å². The third-order valence-corrected chi connectivity index (χ3v) is 2.21. The van der Waals surface area contributed by atoms with E-state index in [9.17, 15) is 0 Å². The third-order valence-electron chi connectivity index (χ3n) is 1.95. The summed E-state index contributed by atoms with van der Waals surface area (Å²) < 4.78 is 5.08. The molecular formula is C10H14ClNO. The van der Waals surface area contributed by atoms with E-state index in [1.165, 1.54) is 5.56 Å². The molecule has 0 saturated carbocycles. The summed E-state index contributed by atoms with van der Waals surface area (Å²) in [6.45, 7) is 0.665. The average Bonchev–Trinajstić information content (AvgIpc) is 2.16. The molecule has 0 unspecified atom stereocenters. The normalized spacial score (nSPS) is 12.8. The van der Waals surface area contributed by atoms with E-state index in [0.717, 1.165) is 5.02 Å². The zero-order chi connectivity index (χ0) is 9.68. The van der Waals surface area contributed by atoms with Gasteiger partial charge in [0.1, 0.15) is 0 Å². The van der Waals surface area contributed by atoms with E-state index in [2.05, 4.69) is 5.32 Å². The topological polar surface area (TPSA) is 21.3 Å². The summed E-state index contributed by atoms with van der Waals surface area (Å²) in [5.74, 6) is 0. The highest BCUT2D eigenvalue weighted by molar-refractivity contribution is 6.30. The van der Waals surface area contributed by atoms with E-state index >= 15 is 0 Å². The Kier molecular flexibility index (Phi) is 4.22. The molecule has 2 nitrogen and oxygen atoms in total. The first-order valence-electron chi connectivity index (χ1n) is 4.19. The lowest BCUT2D eigenvalue weighted by Gasteiger charge is -2.15. The molecular weight excluding hydrogens is 186 g/mol. The van der Waals surface area contributed by atoms with Crippen LogP contribution in [0.25, 0.3) is 0 Å². The fourth-order valence-electron chi connectivity index (χ4n) is 1.21. The van der Waals surface area contributed by atoms with Gasteiger partial charge in [-0.2, -0.15) is 0 Å². The lowest BCUT2D eigenvalue weighted by Crippen LogP contribution is -2.20. The maximum atomic E-state index is 5.78. The first-order valence-corrected chi connectivity index (χ1v) is 4.57. The Hall–Kier alpha value is -0.570. The number of halogens is 1. The summed E-state index contributed by atoms with van der Waals surface area (Å²) >= 11 is 5.78. The van der Waals surface area contributed by atoms with Crippen LogP contribution < -0.4 is 5.32 Å². The van der Waals surface area contributed by atoms with Crippen molar-refractivity contribution in [1.82, 2.24) is 5.32 Å². The summed E-state index contributed by atoms with van der Waals surface area (Å²) in [6.07, 6.45) is 0. The quantitative estimate of drug-likeness (QED) is 0.803. The summed E-state index contributed by atoms with van der Waals surface area (Å²) in [4.78, 5) is 0. The summed E-state index contributed by atoms with van der Waals surface area (Å²) in [6, 6.07) is 8.01. The van der Waals surface area contributed by atoms with Gasteiger partial charge >= 0.3 is 0 Å². The summed E-state index contributed by atoms with van der Waals surface area (Å²) in [7, 11) is 3.61. The predicted octanol–water partition coefficient (Wildman–Crippen LogP) is 2.25.